The molecular weight excluding hydrogens is 280 g/mol. The molecule has 3 nitrogen and oxygen atoms in total. The molecule has 0 spiro atoms. The number of nitrogens with zero attached hydrogens (tertiary/aromatic N) is 1. The Morgan fingerprint density at radius 1 is 1.14 bits per heavy atom. The largest absolute Gasteiger partial charge is 0.398 e. The smallest absolute Gasteiger partial charge is 0.250 e. The van der Waals surface area contributed by atoms with E-state index < -0.39 is 0 Å². The summed E-state index contributed by atoms with van der Waals surface area (Å²) < 4.78 is 1.69. The molecule has 1 aromatic carbocycles. The van der Waals surface area contributed by atoms with Crippen LogP contribution in [-0.2, 0) is 12.3 Å². The summed E-state index contributed by atoms with van der Waals surface area (Å²) in [6.07, 6.45) is 2.69. The predicted octanol–water partition coefficient (Wildman–Crippen LogP) is 3.37. The van der Waals surface area contributed by atoms with Gasteiger partial charge in [0.2, 0.25) is 0 Å². The number of thioether (sulfide) groups is 1. The third kappa shape index (κ3) is 4.97. The molecule has 4 heteroatoms. The van der Waals surface area contributed by atoms with Crippen LogP contribution in [0.15, 0.2) is 41.3 Å². The highest BCUT2D eigenvalue weighted by molar-refractivity contribution is 7.98. The summed E-state index contributed by atoms with van der Waals surface area (Å²) in [6.45, 7) is 4.99. The third-order valence-corrected chi connectivity index (χ3v) is 4.36. The maximum absolute atomic E-state index is 11.6. The molecule has 0 aliphatic carbocycles. The van der Waals surface area contributed by atoms with Crippen molar-refractivity contribution in [2.24, 2.45) is 0 Å². The van der Waals surface area contributed by atoms with Crippen molar-refractivity contribution in [3.05, 3.63) is 63.6 Å². The molecule has 0 atom stereocenters. The second-order valence-electron chi connectivity index (χ2n) is 5.40. The van der Waals surface area contributed by atoms with Crippen molar-refractivity contribution < 1.29 is 0 Å². The van der Waals surface area contributed by atoms with Crippen molar-refractivity contribution in [3.8, 4) is 0 Å². The maximum Gasteiger partial charge on any atom is 0.250 e. The van der Waals surface area contributed by atoms with Crippen LogP contribution in [0.25, 0.3) is 0 Å². The Morgan fingerprint density at radius 2 is 1.86 bits per heavy atom. The molecule has 1 heterocycles. The first-order chi connectivity index (χ1) is 10.0. The number of nitrogens with two attached hydrogens (primary N) is 1. The first-order valence-electron chi connectivity index (χ1n) is 7.15. The van der Waals surface area contributed by atoms with Gasteiger partial charge in [-0.3, -0.25) is 4.79 Å². The monoisotopic (exact) mass is 302 g/mol. The van der Waals surface area contributed by atoms with Gasteiger partial charge in [-0.05, 0) is 37.7 Å². The number of nitrogen functional groups attached to an aromatic ring is 1. The van der Waals surface area contributed by atoms with Gasteiger partial charge in [-0.15, -0.1) is 0 Å². The van der Waals surface area contributed by atoms with Crippen molar-refractivity contribution in [3.63, 3.8) is 0 Å². The van der Waals surface area contributed by atoms with Crippen molar-refractivity contribution in [1.29, 1.82) is 0 Å². The molecule has 0 saturated heterocycles. The quantitative estimate of drug-likeness (QED) is 0.832. The molecule has 0 amide bonds. The van der Waals surface area contributed by atoms with Crippen molar-refractivity contribution in [2.45, 2.75) is 32.6 Å². The van der Waals surface area contributed by atoms with E-state index in [1.165, 1.54) is 22.8 Å². The Balaban J connectivity index is 1.77. The minimum absolute atomic E-state index is 0.0171. The zero-order valence-electron chi connectivity index (χ0n) is 12.6. The van der Waals surface area contributed by atoms with Gasteiger partial charge in [0, 0.05) is 30.2 Å². The van der Waals surface area contributed by atoms with Gasteiger partial charge < -0.3 is 10.3 Å². The predicted molar refractivity (Wildman–Crippen MR) is 91.8 cm³/mol. The highest BCUT2D eigenvalue weighted by Gasteiger charge is 1.99. The summed E-state index contributed by atoms with van der Waals surface area (Å²) in [6, 6.07) is 9.84. The van der Waals surface area contributed by atoms with Gasteiger partial charge in [-0.2, -0.15) is 11.8 Å². The Morgan fingerprint density at radius 3 is 2.57 bits per heavy atom. The molecule has 2 aromatic rings. The fourth-order valence-electron chi connectivity index (χ4n) is 2.40. The Labute approximate surface area is 130 Å². The van der Waals surface area contributed by atoms with E-state index in [1.54, 1.807) is 16.8 Å². The van der Waals surface area contributed by atoms with Crippen LogP contribution in [0.1, 0.15) is 23.1 Å². The standard InChI is InChI=1S/C17H22N2OS/c1-13-8-14(2)10-15(9-13)12-21-7-3-6-19-11-16(18)4-5-17(19)20/h4-5,8-11H,3,6-7,12,18H2,1-2H3. The van der Waals surface area contributed by atoms with Crippen LogP contribution in [0.2, 0.25) is 0 Å². The zero-order valence-corrected chi connectivity index (χ0v) is 13.5. The second kappa shape index (κ2) is 7.36. The molecule has 112 valence electrons. The molecule has 2 N–H and O–H groups in total. The van der Waals surface area contributed by atoms with E-state index in [4.69, 9.17) is 5.73 Å². The van der Waals surface area contributed by atoms with E-state index >= 15 is 0 Å². The van der Waals surface area contributed by atoms with Gasteiger partial charge in [0.1, 0.15) is 0 Å². The van der Waals surface area contributed by atoms with Gasteiger partial charge in [0.15, 0.2) is 0 Å². The Hall–Kier alpha value is -1.68. The molecule has 0 radical (unpaired) electrons. The van der Waals surface area contributed by atoms with E-state index in [0.29, 0.717) is 5.69 Å². The van der Waals surface area contributed by atoms with Crippen LogP contribution in [0.3, 0.4) is 0 Å². The number of aromatic nitrogens is 1. The number of rotatable bonds is 6. The fourth-order valence-corrected chi connectivity index (χ4v) is 3.28. The fraction of sp³-hybridized carbons (Fsp3) is 0.353. The first kappa shape index (κ1) is 15.7. The highest BCUT2D eigenvalue weighted by atomic mass is 32.2. The first-order valence-corrected chi connectivity index (χ1v) is 8.31. The lowest BCUT2D eigenvalue weighted by Crippen LogP contribution is -2.19. The molecule has 21 heavy (non-hydrogen) atoms. The lowest BCUT2D eigenvalue weighted by atomic mass is 10.1. The van der Waals surface area contributed by atoms with Gasteiger partial charge in [-0.25, -0.2) is 0 Å². The van der Waals surface area contributed by atoms with Gasteiger partial charge in [0.05, 0.1) is 0 Å². The average Bonchev–Trinajstić information content (AvgIpc) is 2.41. The van der Waals surface area contributed by atoms with Gasteiger partial charge in [-0.1, -0.05) is 29.3 Å². The van der Waals surface area contributed by atoms with Crippen LogP contribution >= 0.6 is 11.8 Å². The van der Waals surface area contributed by atoms with Crippen LogP contribution < -0.4 is 11.3 Å². The van der Waals surface area contributed by atoms with Crippen molar-refractivity contribution in [1.82, 2.24) is 4.57 Å². The molecule has 0 saturated carbocycles. The lowest BCUT2D eigenvalue weighted by Gasteiger charge is -2.07. The number of hydrogen-bond acceptors (Lipinski definition) is 3. The summed E-state index contributed by atoms with van der Waals surface area (Å²) in [7, 11) is 0. The van der Waals surface area contributed by atoms with E-state index in [-0.39, 0.29) is 5.56 Å². The minimum Gasteiger partial charge on any atom is -0.398 e. The van der Waals surface area contributed by atoms with Crippen molar-refractivity contribution >= 4 is 17.4 Å². The van der Waals surface area contributed by atoms with Gasteiger partial charge >= 0.3 is 0 Å². The van der Waals surface area contributed by atoms with Gasteiger partial charge in [0.25, 0.3) is 5.56 Å². The molecule has 0 fully saturated rings. The highest BCUT2D eigenvalue weighted by Crippen LogP contribution is 2.16. The molecule has 1 aromatic heterocycles. The molecule has 0 bridgehead atoms. The number of pyridine rings is 1. The van der Waals surface area contributed by atoms with E-state index in [0.717, 1.165) is 24.5 Å². The molecular formula is C17H22N2OS. The van der Waals surface area contributed by atoms with Crippen LogP contribution in [0.4, 0.5) is 5.69 Å². The number of hydrogen-bond donors (Lipinski definition) is 1. The van der Waals surface area contributed by atoms with Crippen molar-refractivity contribution in [2.75, 3.05) is 11.5 Å². The number of benzene rings is 1. The molecule has 0 unspecified atom stereocenters. The lowest BCUT2D eigenvalue weighted by molar-refractivity contribution is 0.660. The molecule has 2 rings (SSSR count). The topological polar surface area (TPSA) is 48.0 Å². The summed E-state index contributed by atoms with van der Waals surface area (Å²) in [5.74, 6) is 2.06. The minimum atomic E-state index is 0.0171. The van der Waals surface area contributed by atoms with Crippen LogP contribution in [-0.4, -0.2) is 10.3 Å². The summed E-state index contributed by atoms with van der Waals surface area (Å²) in [4.78, 5) is 11.6. The normalized spacial score (nSPS) is 10.8. The number of anilines is 1. The average molecular weight is 302 g/mol. The Kier molecular flexibility index (Phi) is 5.51. The maximum atomic E-state index is 11.6. The third-order valence-electron chi connectivity index (χ3n) is 3.24. The summed E-state index contributed by atoms with van der Waals surface area (Å²) >= 11 is 1.91. The summed E-state index contributed by atoms with van der Waals surface area (Å²) in [5, 5.41) is 0. The van der Waals surface area contributed by atoms with E-state index in [9.17, 15) is 4.79 Å². The van der Waals surface area contributed by atoms with Crippen LogP contribution in [0, 0.1) is 13.8 Å². The SMILES string of the molecule is Cc1cc(C)cc(CSCCCn2cc(N)ccc2=O)c1. The summed E-state index contributed by atoms with van der Waals surface area (Å²) in [5.41, 5.74) is 10.4. The second-order valence-corrected chi connectivity index (χ2v) is 6.50. The Bertz CT molecular complexity index is 644. The van der Waals surface area contributed by atoms with E-state index in [1.807, 2.05) is 11.8 Å². The molecule has 0 aliphatic heterocycles. The zero-order chi connectivity index (χ0) is 15.2. The number of aryl methyl sites for hydroxylation is 3. The van der Waals surface area contributed by atoms with E-state index in [2.05, 4.69) is 32.0 Å². The van der Waals surface area contributed by atoms with Crippen LogP contribution in [0.5, 0.6) is 0 Å². The molecule has 0 aliphatic rings.